The van der Waals surface area contributed by atoms with Gasteiger partial charge in [-0.3, -0.25) is 4.68 Å². The van der Waals surface area contributed by atoms with Crippen LogP contribution in [0.25, 0.3) is 5.57 Å². The summed E-state index contributed by atoms with van der Waals surface area (Å²) in [5.41, 5.74) is 1.94. The standard InChI is InChI=1S/C8H10N2.CH2O/c1-4-7(2)8-5-9-10(3)6-8;1-2/h4-6H,1-2H2,3H3;1H2. The predicted molar refractivity (Wildman–Crippen MR) is 49.6 cm³/mol. The number of carbonyl (C=O) groups excluding carboxylic acids is 1. The second-order valence-corrected chi connectivity index (χ2v) is 2.13. The summed E-state index contributed by atoms with van der Waals surface area (Å²) in [6.45, 7) is 9.40. The zero-order valence-electron chi connectivity index (χ0n) is 7.16. The van der Waals surface area contributed by atoms with Gasteiger partial charge < -0.3 is 4.79 Å². The molecule has 3 nitrogen and oxygen atoms in total. The minimum absolute atomic E-state index is 0.910. The highest BCUT2D eigenvalue weighted by Crippen LogP contribution is 2.10. The van der Waals surface area contributed by atoms with Gasteiger partial charge in [0.05, 0.1) is 6.20 Å². The van der Waals surface area contributed by atoms with Crippen molar-refractivity contribution in [3.8, 4) is 0 Å². The lowest BCUT2D eigenvalue weighted by atomic mass is 10.2. The largest absolute Gasteiger partial charge is 0.307 e. The molecule has 0 fully saturated rings. The monoisotopic (exact) mass is 164 g/mol. The summed E-state index contributed by atoms with van der Waals surface area (Å²) in [6, 6.07) is 0. The van der Waals surface area contributed by atoms with Crippen LogP contribution in [0.15, 0.2) is 31.6 Å². The molecule has 0 radical (unpaired) electrons. The number of rotatable bonds is 2. The Kier molecular flexibility index (Phi) is 4.38. The molecule has 0 N–H and O–H groups in total. The van der Waals surface area contributed by atoms with Gasteiger partial charge in [-0.15, -0.1) is 0 Å². The van der Waals surface area contributed by atoms with Crippen LogP contribution in [0.4, 0.5) is 0 Å². The number of hydrogen-bond donors (Lipinski definition) is 0. The third-order valence-corrected chi connectivity index (χ3v) is 1.32. The molecule has 0 amide bonds. The number of nitrogens with zero attached hydrogens (tertiary/aromatic N) is 2. The molecule has 0 atom stereocenters. The zero-order chi connectivity index (χ0) is 9.56. The average molecular weight is 164 g/mol. The fourth-order valence-corrected chi connectivity index (χ4v) is 0.705. The second-order valence-electron chi connectivity index (χ2n) is 2.13. The van der Waals surface area contributed by atoms with Crippen LogP contribution in [0.1, 0.15) is 5.56 Å². The smallest absolute Gasteiger partial charge is 0.106 e. The SMILES string of the molecule is C=CC(=C)c1cnn(C)c1.C=O. The highest BCUT2D eigenvalue weighted by Gasteiger charge is 1.94. The Hall–Kier alpha value is -1.64. The van der Waals surface area contributed by atoms with Gasteiger partial charge in [0.25, 0.3) is 0 Å². The lowest BCUT2D eigenvalue weighted by Crippen LogP contribution is -1.84. The van der Waals surface area contributed by atoms with E-state index in [9.17, 15) is 0 Å². The first-order valence-corrected chi connectivity index (χ1v) is 3.33. The van der Waals surface area contributed by atoms with Crippen molar-refractivity contribution in [3.63, 3.8) is 0 Å². The van der Waals surface area contributed by atoms with Gasteiger partial charge in [-0.05, 0) is 5.57 Å². The second kappa shape index (κ2) is 5.07. The highest BCUT2D eigenvalue weighted by atomic mass is 16.1. The van der Waals surface area contributed by atoms with E-state index in [4.69, 9.17) is 4.79 Å². The summed E-state index contributed by atoms with van der Waals surface area (Å²) in [5.74, 6) is 0. The average Bonchev–Trinajstić information content (AvgIpc) is 2.54. The molecule has 0 aliphatic heterocycles. The molecule has 1 aromatic heterocycles. The van der Waals surface area contributed by atoms with Crippen molar-refractivity contribution in [2.45, 2.75) is 0 Å². The molecule has 64 valence electrons. The molecular formula is C9H12N2O. The molecule has 12 heavy (non-hydrogen) atoms. The van der Waals surface area contributed by atoms with E-state index in [2.05, 4.69) is 18.3 Å². The molecule has 3 heteroatoms. The van der Waals surface area contributed by atoms with E-state index in [1.165, 1.54) is 0 Å². The first-order valence-electron chi connectivity index (χ1n) is 3.33. The van der Waals surface area contributed by atoms with Crippen LogP contribution in [0.3, 0.4) is 0 Å². The maximum absolute atomic E-state index is 8.00. The normalized spacial score (nSPS) is 8.08. The van der Waals surface area contributed by atoms with Crippen LogP contribution in [-0.4, -0.2) is 16.6 Å². The van der Waals surface area contributed by atoms with E-state index in [0.717, 1.165) is 11.1 Å². The first-order chi connectivity index (χ1) is 5.74. The summed E-state index contributed by atoms with van der Waals surface area (Å²) < 4.78 is 1.74. The summed E-state index contributed by atoms with van der Waals surface area (Å²) in [4.78, 5) is 8.00. The predicted octanol–water partition coefficient (Wildman–Crippen LogP) is 1.43. The van der Waals surface area contributed by atoms with Crippen molar-refractivity contribution in [3.05, 3.63) is 37.2 Å². The molecule has 0 saturated carbocycles. The van der Waals surface area contributed by atoms with Gasteiger partial charge in [0.2, 0.25) is 0 Å². The van der Waals surface area contributed by atoms with Crippen molar-refractivity contribution < 1.29 is 4.79 Å². The third-order valence-electron chi connectivity index (χ3n) is 1.32. The Labute approximate surface area is 72.0 Å². The van der Waals surface area contributed by atoms with Crippen LogP contribution >= 0.6 is 0 Å². The van der Waals surface area contributed by atoms with Gasteiger partial charge in [-0.25, -0.2) is 0 Å². The third kappa shape index (κ3) is 2.54. The number of hydrogen-bond acceptors (Lipinski definition) is 2. The minimum Gasteiger partial charge on any atom is -0.307 e. The van der Waals surface area contributed by atoms with Crippen LogP contribution in [0, 0.1) is 0 Å². The molecule has 0 saturated heterocycles. The quantitative estimate of drug-likeness (QED) is 0.620. The van der Waals surface area contributed by atoms with E-state index < -0.39 is 0 Å². The molecule has 1 aromatic rings. The van der Waals surface area contributed by atoms with E-state index >= 15 is 0 Å². The summed E-state index contributed by atoms with van der Waals surface area (Å²) in [5, 5.41) is 3.99. The Morgan fingerprint density at radius 3 is 2.58 bits per heavy atom. The van der Waals surface area contributed by atoms with Crippen molar-refractivity contribution in [1.82, 2.24) is 9.78 Å². The van der Waals surface area contributed by atoms with Gasteiger partial charge >= 0.3 is 0 Å². The van der Waals surface area contributed by atoms with Crippen LogP contribution in [0.5, 0.6) is 0 Å². The van der Waals surface area contributed by atoms with Crippen molar-refractivity contribution in [1.29, 1.82) is 0 Å². The van der Waals surface area contributed by atoms with Gasteiger partial charge in [-0.1, -0.05) is 19.2 Å². The van der Waals surface area contributed by atoms with Crippen LogP contribution < -0.4 is 0 Å². The maximum atomic E-state index is 8.00. The Morgan fingerprint density at radius 1 is 1.67 bits per heavy atom. The maximum Gasteiger partial charge on any atom is 0.106 e. The lowest BCUT2D eigenvalue weighted by molar-refractivity contribution is -0.0979. The Balaban J connectivity index is 0.000000561. The van der Waals surface area contributed by atoms with Crippen LogP contribution in [0.2, 0.25) is 0 Å². The number of aromatic nitrogens is 2. The molecule has 1 rings (SSSR count). The van der Waals surface area contributed by atoms with Crippen molar-refractivity contribution in [2.75, 3.05) is 0 Å². The minimum atomic E-state index is 0.910. The van der Waals surface area contributed by atoms with E-state index in [0.29, 0.717) is 0 Å². The summed E-state index contributed by atoms with van der Waals surface area (Å²) in [6.07, 6.45) is 5.39. The molecule has 0 aliphatic rings. The Bertz CT molecular complexity index is 276. The van der Waals surface area contributed by atoms with Gasteiger partial charge in [-0.2, -0.15) is 5.10 Å². The topological polar surface area (TPSA) is 34.9 Å². The highest BCUT2D eigenvalue weighted by molar-refractivity contribution is 5.70. The van der Waals surface area contributed by atoms with E-state index in [1.807, 2.05) is 20.0 Å². The van der Waals surface area contributed by atoms with Gasteiger partial charge in [0, 0.05) is 18.8 Å². The van der Waals surface area contributed by atoms with E-state index in [-0.39, 0.29) is 0 Å². The molecule has 0 aliphatic carbocycles. The summed E-state index contributed by atoms with van der Waals surface area (Å²) >= 11 is 0. The Morgan fingerprint density at radius 2 is 2.25 bits per heavy atom. The van der Waals surface area contributed by atoms with Crippen LogP contribution in [-0.2, 0) is 11.8 Å². The fraction of sp³-hybridized carbons (Fsp3) is 0.111. The first kappa shape index (κ1) is 10.4. The fourth-order valence-electron chi connectivity index (χ4n) is 0.705. The molecule has 0 unspecified atom stereocenters. The molecule has 0 bridgehead atoms. The van der Waals surface area contributed by atoms with Gasteiger partial charge in [0.15, 0.2) is 0 Å². The zero-order valence-corrected chi connectivity index (χ0v) is 7.16. The lowest BCUT2D eigenvalue weighted by Gasteiger charge is -1.89. The van der Waals surface area contributed by atoms with Gasteiger partial charge in [0.1, 0.15) is 6.79 Å². The van der Waals surface area contributed by atoms with Crippen molar-refractivity contribution >= 4 is 12.4 Å². The molecular weight excluding hydrogens is 152 g/mol. The van der Waals surface area contributed by atoms with Crippen molar-refractivity contribution in [2.24, 2.45) is 7.05 Å². The van der Waals surface area contributed by atoms with E-state index in [1.54, 1.807) is 17.0 Å². The molecule has 1 heterocycles. The number of allylic oxidation sites excluding steroid dienone is 2. The summed E-state index contributed by atoms with van der Waals surface area (Å²) in [7, 11) is 1.87. The molecule has 0 aromatic carbocycles. The number of carbonyl (C=O) groups is 1. The number of aryl methyl sites for hydroxylation is 1. The molecule has 0 spiro atoms.